The van der Waals surface area contributed by atoms with E-state index in [2.05, 4.69) is 10.1 Å². The first-order valence-corrected chi connectivity index (χ1v) is 10.00. The van der Waals surface area contributed by atoms with Gasteiger partial charge in [-0.25, -0.2) is 0 Å². The molecule has 3 aromatic rings. The minimum absolute atomic E-state index is 0.134. The number of aromatic hydroxyl groups is 1. The van der Waals surface area contributed by atoms with Gasteiger partial charge in [-0.1, -0.05) is 23.4 Å². The summed E-state index contributed by atoms with van der Waals surface area (Å²) in [5, 5.41) is 15.4. The molecule has 0 radical (unpaired) electrons. The number of hydrogen-bond donors (Lipinski definition) is 1. The molecule has 0 spiro atoms. The Morgan fingerprint density at radius 2 is 2.00 bits per heavy atom. The number of thiophene rings is 1. The van der Waals surface area contributed by atoms with Gasteiger partial charge in [0.05, 0.1) is 4.88 Å². The number of likely N-dealkylation sites (tertiary alicyclic amines) is 1. The zero-order valence-electron chi connectivity index (χ0n) is 14.9. The molecule has 6 nitrogen and oxygen atoms in total. The zero-order valence-corrected chi connectivity index (χ0v) is 15.7. The first kappa shape index (κ1) is 17.7. The van der Waals surface area contributed by atoms with Gasteiger partial charge in [-0.05, 0) is 47.9 Å². The number of hydrogen-bond acceptors (Lipinski definition) is 6. The molecular formula is C20H21N3O3S. The third kappa shape index (κ3) is 4.19. The number of piperidine rings is 1. The van der Waals surface area contributed by atoms with Gasteiger partial charge in [-0.2, -0.15) is 4.98 Å². The van der Waals surface area contributed by atoms with Crippen molar-refractivity contribution in [1.82, 2.24) is 15.0 Å². The molecule has 0 atom stereocenters. The fourth-order valence-electron chi connectivity index (χ4n) is 3.44. The molecule has 0 bridgehead atoms. The Labute approximate surface area is 161 Å². The second-order valence-electron chi connectivity index (χ2n) is 6.74. The van der Waals surface area contributed by atoms with Crippen molar-refractivity contribution < 1.29 is 14.4 Å². The number of phenols is 1. The molecule has 1 aliphatic heterocycles. The van der Waals surface area contributed by atoms with E-state index in [4.69, 9.17) is 4.52 Å². The van der Waals surface area contributed by atoms with E-state index in [1.54, 1.807) is 23.5 Å². The first-order chi connectivity index (χ1) is 13.2. The van der Waals surface area contributed by atoms with Crippen molar-refractivity contribution in [2.75, 3.05) is 13.1 Å². The Hall–Kier alpha value is -2.67. The Bertz CT molecular complexity index is 882. The molecule has 1 amide bonds. The molecular weight excluding hydrogens is 362 g/mol. The maximum absolute atomic E-state index is 12.5. The number of carbonyl (C=O) groups excluding carboxylic acids is 1. The Morgan fingerprint density at radius 1 is 1.22 bits per heavy atom. The van der Waals surface area contributed by atoms with Crippen LogP contribution in [0.1, 0.15) is 36.6 Å². The van der Waals surface area contributed by atoms with Crippen LogP contribution in [0, 0.1) is 0 Å². The average Bonchev–Trinajstić information content (AvgIpc) is 3.38. The monoisotopic (exact) mass is 383 g/mol. The van der Waals surface area contributed by atoms with Crippen LogP contribution in [0.5, 0.6) is 5.75 Å². The lowest BCUT2D eigenvalue weighted by molar-refractivity contribution is -0.132. The summed E-state index contributed by atoms with van der Waals surface area (Å²) in [6.07, 6.45) is 2.74. The van der Waals surface area contributed by atoms with Crippen LogP contribution in [-0.2, 0) is 11.2 Å². The average molecular weight is 383 g/mol. The molecule has 140 valence electrons. The first-order valence-electron chi connectivity index (χ1n) is 9.12. The van der Waals surface area contributed by atoms with Crippen molar-refractivity contribution in [3.8, 4) is 16.5 Å². The standard InChI is InChI=1S/C20H21N3O3S/c24-16-5-3-14(4-6-16)15-9-11-23(12-10-15)19(25)8-7-18-21-20(22-26-18)17-2-1-13-27-17/h1-6,13,15,24H,7-12H2. The maximum atomic E-state index is 12.5. The van der Waals surface area contributed by atoms with Gasteiger partial charge in [0.15, 0.2) is 0 Å². The van der Waals surface area contributed by atoms with Gasteiger partial charge in [-0.15, -0.1) is 11.3 Å². The summed E-state index contributed by atoms with van der Waals surface area (Å²) in [5.41, 5.74) is 1.23. The molecule has 0 aliphatic carbocycles. The molecule has 4 rings (SSSR count). The van der Waals surface area contributed by atoms with Crippen LogP contribution in [0.3, 0.4) is 0 Å². The third-order valence-corrected chi connectivity index (χ3v) is 5.84. The number of nitrogens with zero attached hydrogens (tertiary/aromatic N) is 3. The van der Waals surface area contributed by atoms with Crippen molar-refractivity contribution in [1.29, 1.82) is 0 Å². The number of benzene rings is 1. The summed E-state index contributed by atoms with van der Waals surface area (Å²) in [6, 6.07) is 11.3. The van der Waals surface area contributed by atoms with E-state index in [0.29, 0.717) is 30.5 Å². The van der Waals surface area contributed by atoms with E-state index < -0.39 is 0 Å². The molecule has 1 N–H and O–H groups in total. The number of phenolic OH excluding ortho intramolecular Hbond substituents is 1. The van der Waals surface area contributed by atoms with E-state index in [1.807, 2.05) is 34.5 Å². The van der Waals surface area contributed by atoms with Gasteiger partial charge in [0, 0.05) is 25.9 Å². The molecule has 0 saturated carbocycles. The maximum Gasteiger partial charge on any atom is 0.227 e. The van der Waals surface area contributed by atoms with Gasteiger partial charge >= 0.3 is 0 Å². The van der Waals surface area contributed by atoms with Crippen molar-refractivity contribution in [2.24, 2.45) is 0 Å². The lowest BCUT2D eigenvalue weighted by atomic mass is 9.89. The fraction of sp³-hybridized carbons (Fsp3) is 0.350. The summed E-state index contributed by atoms with van der Waals surface area (Å²) in [5.74, 6) is 1.96. The van der Waals surface area contributed by atoms with Crippen LogP contribution in [0.4, 0.5) is 0 Å². The summed E-state index contributed by atoms with van der Waals surface area (Å²) in [6.45, 7) is 1.52. The van der Waals surface area contributed by atoms with Crippen LogP contribution in [0.15, 0.2) is 46.3 Å². The highest BCUT2D eigenvalue weighted by Crippen LogP contribution is 2.29. The minimum atomic E-state index is 0.134. The largest absolute Gasteiger partial charge is 0.508 e. The van der Waals surface area contributed by atoms with Crippen LogP contribution in [-0.4, -0.2) is 39.1 Å². The molecule has 1 saturated heterocycles. The number of rotatable bonds is 5. The van der Waals surface area contributed by atoms with E-state index in [1.165, 1.54) is 5.56 Å². The van der Waals surface area contributed by atoms with Gasteiger partial charge in [0.1, 0.15) is 5.75 Å². The predicted molar refractivity (Wildman–Crippen MR) is 103 cm³/mol. The van der Waals surface area contributed by atoms with Crippen LogP contribution >= 0.6 is 11.3 Å². The highest BCUT2D eigenvalue weighted by atomic mass is 32.1. The van der Waals surface area contributed by atoms with Crippen LogP contribution in [0.2, 0.25) is 0 Å². The van der Waals surface area contributed by atoms with Crippen molar-refractivity contribution in [3.63, 3.8) is 0 Å². The summed E-state index contributed by atoms with van der Waals surface area (Å²) >= 11 is 1.56. The predicted octanol–water partition coefficient (Wildman–Crippen LogP) is 3.84. The van der Waals surface area contributed by atoms with Gasteiger partial charge in [-0.3, -0.25) is 4.79 Å². The Kier molecular flexibility index (Phi) is 5.20. The molecule has 1 aliphatic rings. The highest BCUT2D eigenvalue weighted by molar-refractivity contribution is 7.13. The van der Waals surface area contributed by atoms with Gasteiger partial charge in [0.2, 0.25) is 17.6 Å². The number of aryl methyl sites for hydroxylation is 1. The van der Waals surface area contributed by atoms with E-state index in [-0.39, 0.29) is 11.7 Å². The summed E-state index contributed by atoms with van der Waals surface area (Å²) in [4.78, 5) is 19.8. The summed E-state index contributed by atoms with van der Waals surface area (Å²) < 4.78 is 5.27. The Balaban J connectivity index is 1.27. The second kappa shape index (κ2) is 7.92. The molecule has 1 aromatic carbocycles. The Morgan fingerprint density at radius 3 is 2.70 bits per heavy atom. The fourth-order valence-corrected chi connectivity index (χ4v) is 4.09. The minimum Gasteiger partial charge on any atom is -0.508 e. The lowest BCUT2D eigenvalue weighted by Crippen LogP contribution is -2.38. The van der Waals surface area contributed by atoms with Crippen molar-refractivity contribution >= 4 is 17.2 Å². The summed E-state index contributed by atoms with van der Waals surface area (Å²) in [7, 11) is 0. The molecule has 0 unspecified atom stereocenters. The van der Waals surface area contributed by atoms with Crippen LogP contribution in [0.25, 0.3) is 10.7 Å². The zero-order chi connectivity index (χ0) is 18.6. The number of amides is 1. The van der Waals surface area contributed by atoms with Crippen molar-refractivity contribution in [2.45, 2.75) is 31.6 Å². The normalized spacial score (nSPS) is 15.2. The highest BCUT2D eigenvalue weighted by Gasteiger charge is 2.24. The quantitative estimate of drug-likeness (QED) is 0.724. The second-order valence-corrected chi connectivity index (χ2v) is 7.68. The van der Waals surface area contributed by atoms with E-state index >= 15 is 0 Å². The molecule has 2 aromatic heterocycles. The van der Waals surface area contributed by atoms with E-state index in [9.17, 15) is 9.90 Å². The van der Waals surface area contributed by atoms with E-state index in [0.717, 1.165) is 30.8 Å². The SMILES string of the molecule is O=C(CCc1nc(-c2cccs2)no1)N1CCC(c2ccc(O)cc2)CC1. The topological polar surface area (TPSA) is 79.5 Å². The molecule has 7 heteroatoms. The number of carbonyl (C=O) groups is 1. The third-order valence-electron chi connectivity index (χ3n) is 4.97. The van der Waals surface area contributed by atoms with Crippen molar-refractivity contribution in [3.05, 3.63) is 53.2 Å². The molecule has 27 heavy (non-hydrogen) atoms. The smallest absolute Gasteiger partial charge is 0.227 e. The number of aromatic nitrogens is 2. The molecule has 1 fully saturated rings. The van der Waals surface area contributed by atoms with Gasteiger partial charge in [0.25, 0.3) is 0 Å². The van der Waals surface area contributed by atoms with Gasteiger partial charge < -0.3 is 14.5 Å². The lowest BCUT2D eigenvalue weighted by Gasteiger charge is -2.32. The molecule has 3 heterocycles. The van der Waals surface area contributed by atoms with Crippen LogP contribution < -0.4 is 0 Å².